The highest BCUT2D eigenvalue weighted by Gasteiger charge is 2.42. The number of aliphatic hydroxyl groups is 1. The second kappa shape index (κ2) is 6.83. The van der Waals surface area contributed by atoms with Gasteiger partial charge < -0.3 is 23.9 Å². The number of likely N-dealkylation sites (tertiary alicyclic amines) is 1. The minimum atomic E-state index is -0.881. The lowest BCUT2D eigenvalue weighted by molar-refractivity contribution is 0.0346. The highest BCUT2D eigenvalue weighted by molar-refractivity contribution is 6.01. The van der Waals surface area contributed by atoms with Crippen LogP contribution >= 0.6 is 0 Å². The number of amides is 1. The highest BCUT2D eigenvalue weighted by Crippen LogP contribution is 2.40. The number of benzene rings is 1. The molecule has 3 rings (SSSR count). The minimum absolute atomic E-state index is 0.0136. The molecule has 1 N–H and O–H groups in total. The number of carbonyl (C=O) groups excluding carboxylic acids is 1. The Morgan fingerprint density at radius 1 is 1.35 bits per heavy atom. The van der Waals surface area contributed by atoms with Gasteiger partial charge in [-0.25, -0.2) is 0 Å². The summed E-state index contributed by atoms with van der Waals surface area (Å²) in [6.07, 6.45) is 0. The van der Waals surface area contributed by atoms with Gasteiger partial charge >= 0.3 is 0 Å². The number of aryl methyl sites for hydroxylation is 1. The largest absolute Gasteiger partial charge is 0.490 e. The van der Waals surface area contributed by atoms with Crippen molar-refractivity contribution >= 4 is 16.9 Å². The third-order valence-corrected chi connectivity index (χ3v) is 5.16. The summed E-state index contributed by atoms with van der Waals surface area (Å²) >= 11 is 0. The first kappa shape index (κ1) is 18.6. The van der Waals surface area contributed by atoms with Crippen molar-refractivity contribution in [3.8, 4) is 11.5 Å². The number of rotatable bonds is 5. The van der Waals surface area contributed by atoms with Gasteiger partial charge in [0.05, 0.1) is 18.8 Å². The van der Waals surface area contributed by atoms with Crippen molar-refractivity contribution in [2.45, 2.75) is 40.2 Å². The molecule has 1 aliphatic heterocycles. The zero-order valence-corrected chi connectivity index (χ0v) is 16.1. The van der Waals surface area contributed by atoms with E-state index in [2.05, 4.69) is 0 Å². The quantitative estimate of drug-likeness (QED) is 0.884. The lowest BCUT2D eigenvalue weighted by Gasteiger charge is -2.20. The van der Waals surface area contributed by atoms with Gasteiger partial charge in [-0.2, -0.15) is 0 Å². The minimum Gasteiger partial charge on any atom is -0.490 e. The first-order chi connectivity index (χ1) is 12.3. The average Bonchev–Trinajstić information content (AvgIpc) is 3.06. The Kier molecular flexibility index (Phi) is 4.88. The van der Waals surface area contributed by atoms with Crippen molar-refractivity contribution in [1.82, 2.24) is 4.90 Å². The fraction of sp³-hybridized carbons (Fsp3) is 0.550. The SMILES string of the molecule is CCOc1ccc2c(C)c(C(=O)N3C[C@H](C)[C@](C)(O)C3)oc2c1OCC. The van der Waals surface area contributed by atoms with E-state index in [1.807, 2.05) is 39.8 Å². The number of carbonyl (C=O) groups is 1. The third kappa shape index (κ3) is 3.03. The summed E-state index contributed by atoms with van der Waals surface area (Å²) in [5, 5.41) is 11.2. The number of ether oxygens (including phenoxy) is 2. The van der Waals surface area contributed by atoms with Crippen molar-refractivity contribution in [2.75, 3.05) is 26.3 Å². The number of hydrogen-bond donors (Lipinski definition) is 1. The fourth-order valence-corrected chi connectivity index (χ4v) is 3.43. The van der Waals surface area contributed by atoms with E-state index in [1.165, 1.54) is 0 Å². The summed E-state index contributed by atoms with van der Waals surface area (Å²) in [6, 6.07) is 3.73. The molecule has 2 atom stereocenters. The topological polar surface area (TPSA) is 72.1 Å². The van der Waals surface area contributed by atoms with E-state index >= 15 is 0 Å². The number of β-amino-alcohol motifs (C(OH)–C–C–N with tert-alkyl or cyclic N) is 1. The lowest BCUT2D eigenvalue weighted by atomic mass is 9.95. The summed E-state index contributed by atoms with van der Waals surface area (Å²) in [6.45, 7) is 11.2. The molecule has 0 bridgehead atoms. The van der Waals surface area contributed by atoms with Crippen molar-refractivity contribution < 1.29 is 23.8 Å². The Balaban J connectivity index is 2.03. The molecule has 1 saturated heterocycles. The molecule has 0 saturated carbocycles. The molecule has 1 aromatic heterocycles. The maximum Gasteiger partial charge on any atom is 0.290 e. The van der Waals surface area contributed by atoms with E-state index in [9.17, 15) is 9.90 Å². The molecule has 0 radical (unpaired) electrons. The van der Waals surface area contributed by atoms with Crippen LogP contribution in [0.15, 0.2) is 16.5 Å². The molecule has 6 nitrogen and oxygen atoms in total. The molecule has 6 heteroatoms. The van der Waals surface area contributed by atoms with Crippen molar-refractivity contribution in [1.29, 1.82) is 0 Å². The average molecular weight is 361 g/mol. The number of nitrogens with zero attached hydrogens (tertiary/aromatic N) is 1. The van der Waals surface area contributed by atoms with Gasteiger partial charge in [0, 0.05) is 30.0 Å². The van der Waals surface area contributed by atoms with Crippen LogP contribution in [0.4, 0.5) is 0 Å². The standard InChI is InChI=1S/C20H27NO5/c1-6-24-15-9-8-14-13(4)16(26-17(14)18(15)25-7-2)19(22)21-10-12(3)20(5,23)11-21/h8-9,12,23H,6-7,10-11H2,1-5H3/t12-,20+/m0/s1. The van der Waals surface area contributed by atoms with Gasteiger partial charge in [-0.1, -0.05) is 6.92 Å². The van der Waals surface area contributed by atoms with Crippen LogP contribution in [0.25, 0.3) is 11.0 Å². The van der Waals surface area contributed by atoms with Gasteiger partial charge in [0.1, 0.15) is 0 Å². The molecule has 0 aliphatic carbocycles. The molecule has 0 spiro atoms. The molecule has 142 valence electrons. The van der Waals surface area contributed by atoms with E-state index < -0.39 is 5.60 Å². The monoisotopic (exact) mass is 361 g/mol. The molecule has 2 aromatic rings. The van der Waals surface area contributed by atoms with Gasteiger partial charge in [0.25, 0.3) is 5.91 Å². The van der Waals surface area contributed by atoms with Crippen molar-refractivity contribution in [2.24, 2.45) is 5.92 Å². The molecular weight excluding hydrogens is 334 g/mol. The summed E-state index contributed by atoms with van der Waals surface area (Å²) in [7, 11) is 0. The van der Waals surface area contributed by atoms with Crippen LogP contribution in [0.3, 0.4) is 0 Å². The number of fused-ring (bicyclic) bond motifs is 1. The van der Waals surface area contributed by atoms with Gasteiger partial charge in [-0.15, -0.1) is 0 Å². The predicted molar refractivity (Wildman–Crippen MR) is 99.0 cm³/mol. The summed E-state index contributed by atoms with van der Waals surface area (Å²) < 4.78 is 17.3. The molecular formula is C20H27NO5. The Bertz CT molecular complexity index is 823. The molecule has 1 fully saturated rings. The zero-order valence-electron chi connectivity index (χ0n) is 16.1. The first-order valence-corrected chi connectivity index (χ1v) is 9.13. The Morgan fingerprint density at radius 2 is 2.04 bits per heavy atom. The number of furan rings is 1. The van der Waals surface area contributed by atoms with Gasteiger partial charge in [-0.05, 0) is 39.8 Å². The van der Waals surface area contributed by atoms with Crippen LogP contribution < -0.4 is 9.47 Å². The Hall–Kier alpha value is -2.21. The second-order valence-electron chi connectivity index (χ2n) is 7.14. The van der Waals surface area contributed by atoms with Crippen LogP contribution in [-0.4, -0.2) is 47.8 Å². The van der Waals surface area contributed by atoms with E-state index in [-0.39, 0.29) is 11.8 Å². The van der Waals surface area contributed by atoms with E-state index in [0.717, 1.165) is 10.9 Å². The van der Waals surface area contributed by atoms with E-state index in [0.29, 0.717) is 49.1 Å². The van der Waals surface area contributed by atoms with E-state index in [4.69, 9.17) is 13.9 Å². The van der Waals surface area contributed by atoms with Crippen LogP contribution in [-0.2, 0) is 0 Å². The predicted octanol–water partition coefficient (Wildman–Crippen LogP) is 3.38. The van der Waals surface area contributed by atoms with Crippen LogP contribution in [0.2, 0.25) is 0 Å². The molecule has 1 aliphatic rings. The van der Waals surface area contributed by atoms with Crippen molar-refractivity contribution in [3.05, 3.63) is 23.5 Å². The summed E-state index contributed by atoms with van der Waals surface area (Å²) in [5.74, 6) is 1.23. The van der Waals surface area contributed by atoms with Gasteiger partial charge in [0.15, 0.2) is 17.1 Å². The zero-order chi connectivity index (χ0) is 19.1. The van der Waals surface area contributed by atoms with Crippen LogP contribution in [0.5, 0.6) is 11.5 Å². The molecule has 26 heavy (non-hydrogen) atoms. The number of hydrogen-bond acceptors (Lipinski definition) is 5. The summed E-state index contributed by atoms with van der Waals surface area (Å²) in [5.41, 5.74) is 0.416. The molecule has 1 amide bonds. The first-order valence-electron chi connectivity index (χ1n) is 9.13. The lowest BCUT2D eigenvalue weighted by Crippen LogP contribution is -2.35. The Labute approximate surface area is 153 Å². The molecule has 0 unspecified atom stereocenters. The van der Waals surface area contributed by atoms with Crippen LogP contribution in [0, 0.1) is 12.8 Å². The van der Waals surface area contributed by atoms with E-state index in [1.54, 1.807) is 11.8 Å². The highest BCUT2D eigenvalue weighted by atomic mass is 16.5. The smallest absolute Gasteiger partial charge is 0.290 e. The third-order valence-electron chi connectivity index (χ3n) is 5.16. The van der Waals surface area contributed by atoms with Gasteiger partial charge in [0.2, 0.25) is 5.75 Å². The van der Waals surface area contributed by atoms with Gasteiger partial charge in [-0.3, -0.25) is 4.79 Å². The maximum absolute atomic E-state index is 13.0. The molecule has 1 aromatic carbocycles. The normalized spacial score (nSPS) is 22.8. The Morgan fingerprint density at radius 3 is 2.62 bits per heavy atom. The van der Waals surface area contributed by atoms with Crippen LogP contribution in [0.1, 0.15) is 43.8 Å². The maximum atomic E-state index is 13.0. The molecule has 2 heterocycles. The second-order valence-corrected chi connectivity index (χ2v) is 7.14. The van der Waals surface area contributed by atoms with Crippen molar-refractivity contribution in [3.63, 3.8) is 0 Å². The fourth-order valence-electron chi connectivity index (χ4n) is 3.43. The summed E-state index contributed by atoms with van der Waals surface area (Å²) in [4.78, 5) is 14.7.